The summed E-state index contributed by atoms with van der Waals surface area (Å²) < 4.78 is 0. The van der Waals surface area contributed by atoms with Crippen LogP contribution in [0.3, 0.4) is 0 Å². The fourth-order valence-corrected chi connectivity index (χ4v) is 3.79. The fraction of sp³-hybridized carbons (Fsp3) is 0.520. The van der Waals surface area contributed by atoms with Crippen molar-refractivity contribution in [2.45, 2.75) is 53.4 Å². The number of nitrogens with one attached hydrogen (secondary N) is 2. The number of rotatable bonds is 12. The van der Waals surface area contributed by atoms with Crippen LogP contribution >= 0.6 is 0 Å². The van der Waals surface area contributed by atoms with Crippen LogP contribution in [0.2, 0.25) is 0 Å². The molecule has 0 aromatic heterocycles. The third-order valence-corrected chi connectivity index (χ3v) is 5.59. The number of anilines is 2. The van der Waals surface area contributed by atoms with Crippen molar-refractivity contribution < 1.29 is 41.9 Å². The Morgan fingerprint density at radius 2 is 0.903 bits per heavy atom. The second-order valence-electron chi connectivity index (χ2n) is 7.47. The van der Waals surface area contributed by atoms with Gasteiger partial charge in [-0.15, -0.1) is 0 Å². The Bertz CT molecular complexity index is 635. The number of aryl methyl sites for hydroxylation is 4. The van der Waals surface area contributed by atoms with Crippen LogP contribution in [-0.2, 0) is 42.8 Å². The molecule has 0 amide bonds. The van der Waals surface area contributed by atoms with E-state index in [0.717, 1.165) is 51.9 Å². The predicted molar refractivity (Wildman–Crippen MR) is 125 cm³/mol. The van der Waals surface area contributed by atoms with Crippen LogP contribution in [0.4, 0.5) is 11.4 Å². The maximum absolute atomic E-state index is 3.70. The standard InChI is InChI=1S/C25H39N3.2ClH.Mn/c1-6-20-12-10-13-21(7-2)24(20)26-16-18-28(5)19-17-27-25-22(8-3)14-11-15-23(25)9-4;;;/h10-15,26-27H,6-9,16-19H2,1-5H3;2*1H;/q;;;+2/p-2. The van der Waals surface area contributed by atoms with E-state index in [1.165, 1.54) is 33.6 Å². The van der Waals surface area contributed by atoms with Crippen LogP contribution < -0.4 is 35.4 Å². The first kappa shape index (κ1) is 32.3. The second kappa shape index (κ2) is 17.6. The minimum absolute atomic E-state index is 0. The van der Waals surface area contributed by atoms with Gasteiger partial charge in [0.2, 0.25) is 0 Å². The van der Waals surface area contributed by atoms with E-state index in [1.807, 2.05) is 0 Å². The molecule has 0 bridgehead atoms. The predicted octanol–water partition coefficient (Wildman–Crippen LogP) is -0.602. The molecular weight excluding hydrogens is 468 g/mol. The van der Waals surface area contributed by atoms with Crippen molar-refractivity contribution >= 4 is 11.4 Å². The summed E-state index contributed by atoms with van der Waals surface area (Å²) in [5.41, 5.74) is 8.39. The van der Waals surface area contributed by atoms with Gasteiger partial charge in [-0.1, -0.05) is 64.1 Å². The van der Waals surface area contributed by atoms with Gasteiger partial charge in [0.15, 0.2) is 0 Å². The molecule has 0 saturated carbocycles. The van der Waals surface area contributed by atoms with E-state index in [2.05, 4.69) is 86.7 Å². The summed E-state index contributed by atoms with van der Waals surface area (Å²) in [6.45, 7) is 13.0. The maximum Gasteiger partial charge on any atom is 2.00 e. The molecule has 0 saturated heterocycles. The Hall–Kier alpha value is -0.901. The third-order valence-electron chi connectivity index (χ3n) is 5.59. The second-order valence-corrected chi connectivity index (χ2v) is 7.47. The Morgan fingerprint density at radius 3 is 1.16 bits per heavy atom. The minimum Gasteiger partial charge on any atom is -1.00 e. The normalized spacial score (nSPS) is 10.0. The van der Waals surface area contributed by atoms with E-state index in [4.69, 9.17) is 0 Å². The molecule has 0 aliphatic heterocycles. The van der Waals surface area contributed by atoms with Gasteiger partial charge in [0, 0.05) is 37.6 Å². The Morgan fingerprint density at radius 1 is 0.613 bits per heavy atom. The van der Waals surface area contributed by atoms with E-state index in [1.54, 1.807) is 0 Å². The summed E-state index contributed by atoms with van der Waals surface area (Å²) in [7, 11) is 2.21. The Balaban J connectivity index is 0. The van der Waals surface area contributed by atoms with Crippen molar-refractivity contribution in [3.8, 4) is 0 Å². The van der Waals surface area contributed by atoms with E-state index in [-0.39, 0.29) is 41.9 Å². The molecule has 1 radical (unpaired) electrons. The first-order valence-corrected chi connectivity index (χ1v) is 11.0. The molecule has 0 atom stereocenters. The summed E-state index contributed by atoms with van der Waals surface area (Å²) in [6.07, 6.45) is 4.30. The maximum atomic E-state index is 3.70. The molecule has 0 spiro atoms. The average Bonchev–Trinajstić information content (AvgIpc) is 2.73. The number of benzene rings is 2. The molecule has 0 unspecified atom stereocenters. The number of nitrogens with zero attached hydrogens (tertiary/aromatic N) is 1. The SMILES string of the molecule is CCc1cccc(CC)c1NCCN(C)CCNc1c(CC)cccc1CC.[Cl-].[Cl-].[Mn+2]. The average molecular weight is 507 g/mol. The van der Waals surface area contributed by atoms with Crippen LogP contribution in [0, 0.1) is 0 Å². The van der Waals surface area contributed by atoms with Crippen LogP contribution in [-0.4, -0.2) is 38.1 Å². The van der Waals surface area contributed by atoms with Gasteiger partial charge >= 0.3 is 17.1 Å². The first-order chi connectivity index (χ1) is 13.6. The van der Waals surface area contributed by atoms with Crippen molar-refractivity contribution in [1.29, 1.82) is 0 Å². The molecule has 2 N–H and O–H groups in total. The Labute approximate surface area is 213 Å². The van der Waals surface area contributed by atoms with Gasteiger partial charge in [0.25, 0.3) is 0 Å². The van der Waals surface area contributed by atoms with Gasteiger partial charge in [-0.2, -0.15) is 0 Å². The van der Waals surface area contributed by atoms with Crippen molar-refractivity contribution in [1.82, 2.24) is 4.90 Å². The number of hydrogen-bond acceptors (Lipinski definition) is 3. The molecule has 0 aliphatic carbocycles. The van der Waals surface area contributed by atoms with Gasteiger partial charge in [0.1, 0.15) is 0 Å². The van der Waals surface area contributed by atoms with Crippen molar-refractivity contribution in [2.24, 2.45) is 0 Å². The largest absolute Gasteiger partial charge is 2.00 e. The van der Waals surface area contributed by atoms with E-state index in [9.17, 15) is 0 Å². The minimum atomic E-state index is 0. The number of para-hydroxylation sites is 2. The Kier molecular flexibility index (Phi) is 18.4. The van der Waals surface area contributed by atoms with Gasteiger partial charge in [0.05, 0.1) is 0 Å². The zero-order chi connectivity index (χ0) is 20.4. The molecule has 175 valence electrons. The zero-order valence-electron chi connectivity index (χ0n) is 19.7. The number of halogens is 2. The van der Waals surface area contributed by atoms with Crippen molar-refractivity contribution in [3.63, 3.8) is 0 Å². The fourth-order valence-electron chi connectivity index (χ4n) is 3.79. The topological polar surface area (TPSA) is 27.3 Å². The van der Waals surface area contributed by atoms with Gasteiger partial charge in [-0.3, -0.25) is 0 Å². The quantitative estimate of drug-likeness (QED) is 0.376. The van der Waals surface area contributed by atoms with Crippen LogP contribution in [0.25, 0.3) is 0 Å². The van der Waals surface area contributed by atoms with Gasteiger partial charge < -0.3 is 40.3 Å². The van der Waals surface area contributed by atoms with Crippen molar-refractivity contribution in [2.75, 3.05) is 43.9 Å². The van der Waals surface area contributed by atoms with Crippen LogP contribution in [0.15, 0.2) is 36.4 Å². The summed E-state index contributed by atoms with van der Waals surface area (Å²) >= 11 is 0. The van der Waals surface area contributed by atoms with Gasteiger partial charge in [-0.05, 0) is 55.0 Å². The van der Waals surface area contributed by atoms with E-state index in [0.29, 0.717) is 0 Å². The summed E-state index contributed by atoms with van der Waals surface area (Å²) in [6, 6.07) is 13.3. The molecule has 0 fully saturated rings. The van der Waals surface area contributed by atoms with Crippen molar-refractivity contribution in [3.05, 3.63) is 58.7 Å². The smallest absolute Gasteiger partial charge is 1.00 e. The third kappa shape index (κ3) is 9.63. The molecule has 0 heterocycles. The summed E-state index contributed by atoms with van der Waals surface area (Å²) in [4.78, 5) is 2.40. The molecule has 2 rings (SSSR count). The molecule has 2 aromatic rings. The summed E-state index contributed by atoms with van der Waals surface area (Å²) in [5, 5.41) is 7.39. The monoisotopic (exact) mass is 506 g/mol. The molecule has 0 aliphatic rings. The van der Waals surface area contributed by atoms with Gasteiger partial charge in [-0.25, -0.2) is 0 Å². The molecule has 3 nitrogen and oxygen atoms in total. The first-order valence-electron chi connectivity index (χ1n) is 11.0. The number of likely N-dealkylation sites (N-methyl/N-ethyl adjacent to an activating group) is 1. The molecular formula is C25H39Cl2MnN3. The summed E-state index contributed by atoms with van der Waals surface area (Å²) in [5.74, 6) is 0. The van der Waals surface area contributed by atoms with Crippen LogP contribution in [0.1, 0.15) is 49.9 Å². The zero-order valence-corrected chi connectivity index (χ0v) is 22.4. The van der Waals surface area contributed by atoms with E-state index < -0.39 is 0 Å². The number of hydrogen-bond donors (Lipinski definition) is 2. The molecule has 31 heavy (non-hydrogen) atoms. The van der Waals surface area contributed by atoms with E-state index >= 15 is 0 Å². The molecule has 6 heteroatoms. The molecule has 2 aromatic carbocycles. The van der Waals surface area contributed by atoms with Crippen LogP contribution in [0.5, 0.6) is 0 Å².